The van der Waals surface area contributed by atoms with E-state index < -0.39 is 0 Å². The van der Waals surface area contributed by atoms with Crippen molar-refractivity contribution in [3.8, 4) is 23.0 Å². The first-order valence-corrected chi connectivity index (χ1v) is 9.16. The molecule has 0 atom stereocenters. The second-order valence-electron chi connectivity index (χ2n) is 6.96. The van der Waals surface area contributed by atoms with E-state index in [1.54, 1.807) is 58.8 Å². The zero-order valence-corrected chi connectivity index (χ0v) is 17.9. The first kappa shape index (κ1) is 22.1. The van der Waals surface area contributed by atoms with Gasteiger partial charge in [0.1, 0.15) is 5.75 Å². The van der Waals surface area contributed by atoms with E-state index in [9.17, 15) is 4.79 Å². The van der Waals surface area contributed by atoms with E-state index in [-0.39, 0.29) is 11.2 Å². The molecular weight excluding hydrogens is 368 g/mol. The van der Waals surface area contributed by atoms with Crippen LogP contribution in [0.4, 0.5) is 0 Å². The zero-order chi connectivity index (χ0) is 21.6. The maximum Gasteiger partial charge on any atom is 0.204 e. The number of carbonyl (C=O) groups excluding carboxylic acids is 1. The van der Waals surface area contributed by atoms with Gasteiger partial charge in [-0.15, -0.1) is 6.58 Å². The molecule has 0 aromatic heterocycles. The summed E-state index contributed by atoms with van der Waals surface area (Å²) in [6.45, 7) is 7.99. The predicted molar refractivity (Wildman–Crippen MR) is 116 cm³/mol. The third kappa shape index (κ3) is 4.62. The number of hydrogen-bond donors (Lipinski definition) is 0. The minimum absolute atomic E-state index is 0.131. The summed E-state index contributed by atoms with van der Waals surface area (Å²) in [5.41, 5.74) is 1.77. The number of allylic oxidation sites excluding steroid dienone is 2. The van der Waals surface area contributed by atoms with E-state index in [2.05, 4.69) is 6.58 Å². The van der Waals surface area contributed by atoms with Crippen LogP contribution in [0.5, 0.6) is 23.0 Å². The Morgan fingerprint density at radius 3 is 1.97 bits per heavy atom. The van der Waals surface area contributed by atoms with Crippen molar-refractivity contribution in [2.75, 3.05) is 28.4 Å². The number of rotatable bonds is 9. The van der Waals surface area contributed by atoms with Crippen molar-refractivity contribution in [3.05, 3.63) is 65.8 Å². The smallest absolute Gasteiger partial charge is 0.204 e. The van der Waals surface area contributed by atoms with Gasteiger partial charge in [-0.25, -0.2) is 0 Å². The lowest BCUT2D eigenvalue weighted by molar-refractivity contribution is 0.104. The number of benzene rings is 2. The largest absolute Gasteiger partial charge is 0.497 e. The topological polar surface area (TPSA) is 54.0 Å². The lowest BCUT2D eigenvalue weighted by Gasteiger charge is -2.26. The Kier molecular flexibility index (Phi) is 7.10. The van der Waals surface area contributed by atoms with Crippen molar-refractivity contribution in [2.24, 2.45) is 0 Å². The van der Waals surface area contributed by atoms with Crippen LogP contribution in [-0.2, 0) is 5.41 Å². The molecule has 5 heteroatoms. The van der Waals surface area contributed by atoms with Crippen LogP contribution in [0, 0.1) is 0 Å². The fraction of sp³-hybridized carbons (Fsp3) is 0.292. The first-order valence-electron chi connectivity index (χ1n) is 9.16. The first-order chi connectivity index (χ1) is 13.8. The van der Waals surface area contributed by atoms with Gasteiger partial charge < -0.3 is 18.9 Å². The summed E-state index contributed by atoms with van der Waals surface area (Å²) >= 11 is 0. The molecule has 0 aliphatic heterocycles. The molecular formula is C24H28O5. The number of methoxy groups -OCH3 is 4. The molecule has 5 nitrogen and oxygen atoms in total. The van der Waals surface area contributed by atoms with E-state index >= 15 is 0 Å². The monoisotopic (exact) mass is 396 g/mol. The maximum absolute atomic E-state index is 12.6. The second kappa shape index (κ2) is 9.32. The van der Waals surface area contributed by atoms with E-state index in [0.29, 0.717) is 34.1 Å². The highest BCUT2D eigenvalue weighted by Gasteiger charge is 2.28. The molecule has 0 spiro atoms. The number of hydrogen-bond acceptors (Lipinski definition) is 5. The molecule has 0 aliphatic rings. The normalized spacial score (nSPS) is 11.2. The molecule has 0 aliphatic carbocycles. The lowest BCUT2D eigenvalue weighted by atomic mass is 9.82. The van der Waals surface area contributed by atoms with Crippen molar-refractivity contribution >= 4 is 11.9 Å². The third-order valence-corrected chi connectivity index (χ3v) is 4.82. The highest BCUT2D eigenvalue weighted by Crippen LogP contribution is 2.47. The Balaban J connectivity index is 2.55. The third-order valence-electron chi connectivity index (χ3n) is 4.82. The van der Waals surface area contributed by atoms with Gasteiger partial charge in [-0.1, -0.05) is 19.9 Å². The van der Waals surface area contributed by atoms with Crippen LogP contribution < -0.4 is 18.9 Å². The zero-order valence-electron chi connectivity index (χ0n) is 17.9. The Morgan fingerprint density at radius 2 is 1.48 bits per heavy atom. The van der Waals surface area contributed by atoms with Crippen molar-refractivity contribution in [1.29, 1.82) is 0 Å². The van der Waals surface area contributed by atoms with Gasteiger partial charge in [-0.3, -0.25) is 4.79 Å². The van der Waals surface area contributed by atoms with Crippen LogP contribution >= 0.6 is 0 Å². The Labute approximate surface area is 172 Å². The van der Waals surface area contributed by atoms with E-state index in [1.165, 1.54) is 6.08 Å². The molecule has 0 radical (unpaired) electrons. The average molecular weight is 396 g/mol. The van der Waals surface area contributed by atoms with Gasteiger partial charge in [0.25, 0.3) is 0 Å². The summed E-state index contributed by atoms with van der Waals surface area (Å²) in [7, 11) is 6.28. The summed E-state index contributed by atoms with van der Waals surface area (Å²) in [5, 5.41) is 0. The quantitative estimate of drug-likeness (QED) is 0.336. The van der Waals surface area contributed by atoms with Crippen LogP contribution in [0.2, 0.25) is 0 Å². The number of ketones is 1. The van der Waals surface area contributed by atoms with E-state index in [1.807, 2.05) is 26.0 Å². The minimum atomic E-state index is -0.381. The second-order valence-corrected chi connectivity index (χ2v) is 6.96. The Morgan fingerprint density at radius 1 is 0.897 bits per heavy atom. The van der Waals surface area contributed by atoms with Gasteiger partial charge in [0.2, 0.25) is 5.75 Å². The molecule has 154 valence electrons. The number of ether oxygens (including phenoxy) is 4. The van der Waals surface area contributed by atoms with Crippen LogP contribution in [-0.4, -0.2) is 34.2 Å². The molecule has 2 rings (SSSR count). The average Bonchev–Trinajstić information content (AvgIpc) is 2.75. The molecule has 0 saturated heterocycles. The van der Waals surface area contributed by atoms with Crippen LogP contribution in [0.1, 0.15) is 35.3 Å². The SMILES string of the molecule is C=CC(C)(C)c1cc(C=CC(=O)c2ccc(OC)cc2)c(OC)c(OC)c1OC. The standard InChI is InChI=1S/C24H28O5/c1-8-24(2,3)19-15-17(21(27-5)23(29-7)22(19)28-6)11-14-20(25)16-9-12-18(26-4)13-10-16/h8-15H,1H2,2-7H3. The summed E-state index contributed by atoms with van der Waals surface area (Å²) in [6.07, 6.45) is 5.07. The molecule has 0 unspecified atom stereocenters. The van der Waals surface area contributed by atoms with Crippen LogP contribution in [0.3, 0.4) is 0 Å². The molecule has 2 aromatic carbocycles. The summed E-state index contributed by atoms with van der Waals surface area (Å²) < 4.78 is 21.9. The predicted octanol–water partition coefficient (Wildman–Crippen LogP) is 5.08. The van der Waals surface area contributed by atoms with Crippen molar-refractivity contribution in [2.45, 2.75) is 19.3 Å². The van der Waals surface area contributed by atoms with Gasteiger partial charge in [-0.05, 0) is 42.5 Å². The molecule has 2 aromatic rings. The van der Waals surface area contributed by atoms with E-state index in [0.717, 1.165) is 5.56 Å². The molecule has 0 bridgehead atoms. The molecule has 0 saturated carbocycles. The molecule has 0 heterocycles. The van der Waals surface area contributed by atoms with Crippen LogP contribution in [0.15, 0.2) is 49.1 Å². The van der Waals surface area contributed by atoms with Gasteiger partial charge >= 0.3 is 0 Å². The van der Waals surface area contributed by atoms with Gasteiger partial charge in [0.15, 0.2) is 17.3 Å². The van der Waals surface area contributed by atoms with Gasteiger partial charge in [0, 0.05) is 22.1 Å². The molecule has 0 fully saturated rings. The van der Waals surface area contributed by atoms with Crippen molar-refractivity contribution in [3.63, 3.8) is 0 Å². The minimum Gasteiger partial charge on any atom is -0.497 e. The molecule has 0 amide bonds. The van der Waals surface area contributed by atoms with Crippen molar-refractivity contribution in [1.82, 2.24) is 0 Å². The van der Waals surface area contributed by atoms with Gasteiger partial charge in [-0.2, -0.15) is 0 Å². The Bertz CT molecular complexity index is 908. The highest BCUT2D eigenvalue weighted by atomic mass is 16.5. The number of carbonyl (C=O) groups is 1. The van der Waals surface area contributed by atoms with E-state index in [4.69, 9.17) is 18.9 Å². The highest BCUT2D eigenvalue weighted by molar-refractivity contribution is 6.07. The maximum atomic E-state index is 12.6. The Hall–Kier alpha value is -3.21. The molecule has 29 heavy (non-hydrogen) atoms. The fourth-order valence-electron chi connectivity index (χ4n) is 2.97. The van der Waals surface area contributed by atoms with Crippen LogP contribution in [0.25, 0.3) is 6.08 Å². The summed E-state index contributed by atoms with van der Waals surface area (Å²) in [4.78, 5) is 12.6. The van der Waals surface area contributed by atoms with Gasteiger partial charge in [0.05, 0.1) is 28.4 Å². The lowest BCUT2D eigenvalue weighted by Crippen LogP contribution is -2.16. The molecule has 0 N–H and O–H groups in total. The fourth-order valence-corrected chi connectivity index (χ4v) is 2.97. The van der Waals surface area contributed by atoms with Crippen molar-refractivity contribution < 1.29 is 23.7 Å². The summed E-state index contributed by atoms with van der Waals surface area (Å²) in [5.74, 6) is 2.11. The summed E-state index contributed by atoms with van der Waals surface area (Å²) in [6, 6.07) is 8.89.